The van der Waals surface area contributed by atoms with Crippen molar-refractivity contribution in [2.24, 2.45) is 41.1 Å². The second-order valence-corrected chi connectivity index (χ2v) is 28.0. The number of rotatable bonds is 18. The molecule has 22 N–H and O–H groups in total. The van der Waals surface area contributed by atoms with Gasteiger partial charge in [0.2, 0.25) is 92.0 Å². The predicted molar refractivity (Wildman–Crippen MR) is 273 cm³/mol. The number of phenolic OH excluding ortho intramolecular Hbond substituents is 1. The molecule has 0 unspecified atom stereocenters. The summed E-state index contributed by atoms with van der Waals surface area (Å²) in [6.07, 6.45) is 0. The van der Waals surface area contributed by atoms with Gasteiger partial charge in [0, 0.05) is 0 Å². The van der Waals surface area contributed by atoms with Crippen LogP contribution >= 0.6 is 46.4 Å². The monoisotopic (exact) mass is 1350 g/mol. The fraction of sp³-hybridized carbons (Fsp3) is 0.188. The summed E-state index contributed by atoms with van der Waals surface area (Å²) >= 11 is 22.7. The van der Waals surface area contributed by atoms with Crippen LogP contribution < -0.4 is 56.5 Å². The number of hydrogen-bond acceptors (Lipinski definition) is 24. The number of primary sulfonamides is 8. The van der Waals surface area contributed by atoms with Gasteiger partial charge in [0.1, 0.15) is 39.4 Å². The Labute approximate surface area is 463 Å². The van der Waals surface area contributed by atoms with E-state index in [1.165, 1.54) is 0 Å². The minimum Gasteiger partial charge on any atom is -0.505 e. The van der Waals surface area contributed by atoms with Crippen molar-refractivity contribution in [2.45, 2.75) is 39.2 Å². The van der Waals surface area contributed by atoms with E-state index < -0.39 is 183 Å². The Morgan fingerprint density at radius 3 is 1.05 bits per heavy atom. The van der Waals surface area contributed by atoms with Gasteiger partial charge in [0.15, 0.2) is 11.5 Å². The van der Waals surface area contributed by atoms with Crippen LogP contribution in [0.25, 0.3) is 0 Å². The number of amides is 2. The van der Waals surface area contributed by atoms with Crippen LogP contribution in [0, 0.1) is 0 Å². The molecule has 0 fully saturated rings. The summed E-state index contributed by atoms with van der Waals surface area (Å²) < 4.78 is 190. The van der Waals surface area contributed by atoms with Crippen LogP contribution in [-0.4, -0.2) is 139 Å². The first-order chi connectivity index (χ1) is 35.0. The zero-order valence-electron chi connectivity index (χ0n) is 38.2. The quantitative estimate of drug-likeness (QED) is 0.0418. The van der Waals surface area contributed by atoms with E-state index >= 15 is 0 Å². The summed E-state index contributed by atoms with van der Waals surface area (Å²) in [6.45, 7) is -2.46. The molecule has 0 bridgehead atoms. The van der Waals surface area contributed by atoms with Gasteiger partial charge in [0.05, 0.1) is 70.9 Å². The minimum atomic E-state index is -4.41. The van der Waals surface area contributed by atoms with E-state index in [4.69, 9.17) is 112 Å². The van der Waals surface area contributed by atoms with Gasteiger partial charge in [-0.2, -0.15) is 0 Å². The number of ether oxygens (including phenoxy) is 2. The number of nitrogens with one attached hydrogen (secondary N) is 2. The lowest BCUT2D eigenvalue weighted by Crippen LogP contribution is -2.23. The molecular weight excluding hydrogens is 1310 g/mol. The van der Waals surface area contributed by atoms with Crippen LogP contribution in [0.4, 0.5) is 11.4 Å². The fourth-order valence-corrected chi connectivity index (χ4v) is 11.8. The molecule has 440 valence electrons. The molecule has 4 aromatic carbocycles. The molecule has 78 heavy (non-hydrogen) atoms. The van der Waals surface area contributed by atoms with Crippen LogP contribution in [0.1, 0.15) is 0 Å². The number of aliphatic hydroxyl groups excluding tert-OH is 3. The predicted octanol–water partition coefficient (Wildman–Crippen LogP) is -4.51. The SMILES string of the molecule is NS(=O)(=O)c1cc(Cl)c(NC(=O)CO)c(S(N)(=O)=O)c1.NS(=O)(=O)c1cc(Cl)c(NC(=O)COCCO)c(S(N)(=O)=O)c1.NS(=O)(=O)c1cc(Cl)c(O)c(S(N)(=O)=O)c1.NS(=O)(=O)c1cc(Cl)c(OCCO)c(S(N)(=O)=O)c1. The average Bonchev–Trinajstić information content (AvgIpc) is 3.25. The molecule has 46 heteroatoms. The summed E-state index contributed by atoms with van der Waals surface area (Å²) in [5.74, 6) is -2.91. The van der Waals surface area contributed by atoms with E-state index in [0.717, 1.165) is 30.3 Å². The zero-order chi connectivity index (χ0) is 61.1. The van der Waals surface area contributed by atoms with E-state index in [1.54, 1.807) is 0 Å². The van der Waals surface area contributed by atoms with Crippen molar-refractivity contribution < 1.29 is 107 Å². The Balaban J connectivity index is 0.000000524. The maximum atomic E-state index is 11.6. The van der Waals surface area contributed by atoms with Crippen molar-refractivity contribution in [2.75, 3.05) is 50.3 Å². The maximum absolute atomic E-state index is 11.6. The lowest BCUT2D eigenvalue weighted by Gasteiger charge is -2.13. The van der Waals surface area contributed by atoms with Crippen molar-refractivity contribution >= 4 is 150 Å². The van der Waals surface area contributed by atoms with Crippen molar-refractivity contribution in [1.29, 1.82) is 0 Å². The number of phenols is 1. The molecule has 0 saturated carbocycles. The van der Waals surface area contributed by atoms with E-state index in [0.29, 0.717) is 18.2 Å². The Morgan fingerprint density at radius 1 is 0.423 bits per heavy atom. The van der Waals surface area contributed by atoms with Gasteiger partial charge in [-0.1, -0.05) is 46.4 Å². The molecule has 4 rings (SSSR count). The molecule has 2 amide bonds. The minimum absolute atomic E-state index is 0.104. The lowest BCUT2D eigenvalue weighted by molar-refractivity contribution is -0.121. The molecule has 0 saturated heterocycles. The topological polar surface area (TPSA) is 639 Å². The Kier molecular flexibility index (Phi) is 25.7. The van der Waals surface area contributed by atoms with Gasteiger partial charge < -0.3 is 40.5 Å². The summed E-state index contributed by atoms with van der Waals surface area (Å²) in [5.41, 5.74) is -0.847. The first-order valence-corrected chi connectivity index (χ1v) is 32.8. The second kappa shape index (κ2) is 27.9. The number of carbonyl (C=O) groups is 2. The van der Waals surface area contributed by atoms with Gasteiger partial charge in [-0.05, 0) is 48.5 Å². The van der Waals surface area contributed by atoms with Crippen molar-refractivity contribution in [3.8, 4) is 11.5 Å². The van der Waals surface area contributed by atoms with Crippen molar-refractivity contribution in [3.63, 3.8) is 0 Å². The first kappa shape index (κ1) is 71.7. The third-order valence-corrected chi connectivity index (χ3v) is 16.5. The molecule has 0 aliphatic rings. The summed E-state index contributed by atoms with van der Waals surface area (Å²) in [7, 11) is -34.1. The van der Waals surface area contributed by atoms with E-state index in [1.807, 2.05) is 5.32 Å². The fourth-order valence-electron chi connectivity index (χ4n) is 4.86. The normalized spacial score (nSPS) is 12.3. The van der Waals surface area contributed by atoms with Crippen LogP contribution in [0.3, 0.4) is 0 Å². The van der Waals surface area contributed by atoms with E-state index in [2.05, 4.69) is 5.32 Å². The highest BCUT2D eigenvalue weighted by molar-refractivity contribution is 7.91. The van der Waals surface area contributed by atoms with Gasteiger partial charge in [0.25, 0.3) is 0 Å². The summed E-state index contributed by atoms with van der Waals surface area (Å²) in [4.78, 5) is 17.6. The number of aliphatic hydroxyl groups is 3. The maximum Gasteiger partial charge on any atom is 0.250 e. The molecule has 0 radical (unpaired) electrons. The third kappa shape index (κ3) is 22.3. The Hall–Kier alpha value is -4.30. The van der Waals surface area contributed by atoms with Gasteiger partial charge in [-0.25, -0.2) is 108 Å². The Bertz CT molecular complexity index is 3900. The van der Waals surface area contributed by atoms with E-state index in [9.17, 15) is 82.0 Å². The molecule has 0 aliphatic carbocycles. The average molecular weight is 1350 g/mol. The molecule has 34 nitrogen and oxygen atoms in total. The van der Waals surface area contributed by atoms with Crippen LogP contribution in [0.2, 0.25) is 20.1 Å². The van der Waals surface area contributed by atoms with Crippen LogP contribution in [0.15, 0.2) is 87.7 Å². The number of nitrogens with two attached hydrogens (primary N) is 8. The smallest absolute Gasteiger partial charge is 0.250 e. The van der Waals surface area contributed by atoms with Gasteiger partial charge >= 0.3 is 0 Å². The summed E-state index contributed by atoms with van der Waals surface area (Å²) in [5, 5.41) is 76.7. The number of sulfonamides is 8. The zero-order valence-corrected chi connectivity index (χ0v) is 47.8. The number of aromatic hydroxyl groups is 1. The van der Waals surface area contributed by atoms with Crippen molar-refractivity contribution in [3.05, 3.63) is 68.6 Å². The molecule has 0 aliphatic heterocycles. The van der Waals surface area contributed by atoms with Crippen molar-refractivity contribution in [1.82, 2.24) is 0 Å². The standard InChI is InChI=1S/C10H14ClN3O7S2.C8H10ClN3O6S2.C8H11ClN2O6S2.C6H7ClN2O5S2/c11-7-3-6(22(12,17)18)4-8(23(13,19)20)10(7)14-9(16)5-21-2-1-15;9-5-1-4(19(10,15)16)2-6(20(11,17)18)8(5)12-7(14)3-13;9-6-3-5(18(10,13)14)4-7(19(11,15)16)8(6)17-2-1-12;7-4-1-3(15(8,11)12)2-5(6(4)10)16(9,13)14/h3-4,15H,1-2,5H2,(H,14,16)(H2,12,17,18)(H2,13,19,20);1-2,13H,3H2,(H,12,14)(H2,10,15,16)(H2,11,17,18);3-4,12H,1-2H2,(H2,10,13,14)(H2,11,15,16);1-2,10H,(H2,8,11,12)(H2,9,13,14). The molecule has 4 aromatic rings. The highest BCUT2D eigenvalue weighted by Gasteiger charge is 2.27. The number of anilines is 2. The number of carbonyl (C=O) groups excluding carboxylic acids is 2. The summed E-state index contributed by atoms with van der Waals surface area (Å²) in [6, 6.07) is 6.17. The van der Waals surface area contributed by atoms with Crippen LogP contribution in [0.5, 0.6) is 11.5 Å². The lowest BCUT2D eigenvalue weighted by atomic mass is 10.3. The number of benzene rings is 4. The number of halogens is 4. The van der Waals surface area contributed by atoms with Gasteiger partial charge in [-0.15, -0.1) is 0 Å². The second-order valence-electron chi connectivity index (χ2n) is 14.0. The largest absolute Gasteiger partial charge is 0.505 e. The van der Waals surface area contributed by atoms with Gasteiger partial charge in [-0.3, -0.25) is 9.59 Å². The molecule has 0 heterocycles. The Morgan fingerprint density at radius 2 is 0.731 bits per heavy atom. The highest BCUT2D eigenvalue weighted by atomic mass is 35.5. The highest BCUT2D eigenvalue weighted by Crippen LogP contribution is 2.36. The molecular formula is C32H42Cl4N10O24S8. The van der Waals surface area contributed by atoms with E-state index in [-0.39, 0.29) is 30.6 Å². The first-order valence-electron chi connectivity index (χ1n) is 18.9. The third-order valence-electron chi connectivity index (χ3n) is 8.06. The van der Waals surface area contributed by atoms with Crippen LogP contribution in [-0.2, 0) is 94.5 Å². The molecule has 0 atom stereocenters. The molecule has 0 aromatic heterocycles. The number of hydrogen-bond donors (Lipinski definition) is 14. The molecule has 0 spiro atoms.